The Morgan fingerprint density at radius 3 is 2.57 bits per heavy atom. The lowest BCUT2D eigenvalue weighted by Gasteiger charge is -2.27. The summed E-state index contributed by atoms with van der Waals surface area (Å²) in [7, 11) is 0. The molecule has 1 saturated heterocycles. The highest BCUT2D eigenvalue weighted by molar-refractivity contribution is 5.96. The molecule has 1 aromatic rings. The molecule has 1 aromatic heterocycles. The number of carbonyl (C=O) groups excluding carboxylic acids is 2. The summed E-state index contributed by atoms with van der Waals surface area (Å²) in [6.07, 6.45) is 5.28. The van der Waals surface area contributed by atoms with Gasteiger partial charge in [-0.1, -0.05) is 0 Å². The lowest BCUT2D eigenvalue weighted by molar-refractivity contribution is -0.117. The third-order valence-electron chi connectivity index (χ3n) is 3.45. The van der Waals surface area contributed by atoms with Gasteiger partial charge in [-0.3, -0.25) is 4.79 Å². The molecule has 2 heterocycles. The van der Waals surface area contributed by atoms with Crippen LogP contribution in [-0.4, -0.2) is 36.1 Å². The molecule has 0 bridgehead atoms. The number of carbonyl (C=O) groups is 2. The molecular weight excluding hydrogens is 270 g/mol. The van der Waals surface area contributed by atoms with E-state index in [0.29, 0.717) is 5.69 Å². The lowest BCUT2D eigenvalue weighted by Crippen LogP contribution is -2.44. The summed E-state index contributed by atoms with van der Waals surface area (Å²) in [5.41, 5.74) is 5.58. The third-order valence-corrected chi connectivity index (χ3v) is 3.45. The molecule has 1 unspecified atom stereocenters. The van der Waals surface area contributed by atoms with Gasteiger partial charge < -0.3 is 21.3 Å². The van der Waals surface area contributed by atoms with Crippen molar-refractivity contribution >= 4 is 23.4 Å². The summed E-state index contributed by atoms with van der Waals surface area (Å²) < 4.78 is 0. The SMILES string of the molecule is CC(NC(N)=O)C(=O)Nc1ccc(N2CCCCC2)nc1. The molecule has 4 N–H and O–H groups in total. The number of rotatable bonds is 4. The summed E-state index contributed by atoms with van der Waals surface area (Å²) in [6.45, 7) is 3.62. The highest BCUT2D eigenvalue weighted by atomic mass is 16.2. The summed E-state index contributed by atoms with van der Waals surface area (Å²) in [6, 6.07) is 2.29. The number of amides is 3. The smallest absolute Gasteiger partial charge is 0.312 e. The molecule has 21 heavy (non-hydrogen) atoms. The molecule has 0 radical (unpaired) electrons. The topological polar surface area (TPSA) is 100 Å². The maximum Gasteiger partial charge on any atom is 0.312 e. The van der Waals surface area contributed by atoms with E-state index in [9.17, 15) is 9.59 Å². The number of nitrogens with zero attached hydrogens (tertiary/aromatic N) is 2. The van der Waals surface area contributed by atoms with Crippen LogP contribution >= 0.6 is 0 Å². The Kier molecular flexibility index (Phi) is 4.97. The van der Waals surface area contributed by atoms with E-state index in [-0.39, 0.29) is 5.91 Å². The zero-order valence-corrected chi connectivity index (χ0v) is 12.1. The molecule has 7 heteroatoms. The Morgan fingerprint density at radius 1 is 1.29 bits per heavy atom. The number of primary amides is 1. The normalized spacial score (nSPS) is 16.1. The Bertz CT molecular complexity index is 497. The summed E-state index contributed by atoms with van der Waals surface area (Å²) >= 11 is 0. The molecule has 0 aromatic carbocycles. The van der Waals surface area contributed by atoms with Gasteiger partial charge >= 0.3 is 6.03 Å². The van der Waals surface area contributed by atoms with E-state index in [2.05, 4.69) is 20.5 Å². The van der Waals surface area contributed by atoms with Crippen molar-refractivity contribution in [2.45, 2.75) is 32.2 Å². The molecular formula is C14H21N5O2. The molecule has 1 fully saturated rings. The first kappa shape index (κ1) is 15.1. The van der Waals surface area contributed by atoms with Gasteiger partial charge in [-0.25, -0.2) is 9.78 Å². The first-order valence-electron chi connectivity index (χ1n) is 7.14. The minimum absolute atomic E-state index is 0.332. The van der Waals surface area contributed by atoms with Gasteiger partial charge in [-0.15, -0.1) is 0 Å². The van der Waals surface area contributed by atoms with Gasteiger partial charge in [0.25, 0.3) is 0 Å². The van der Waals surface area contributed by atoms with Gasteiger partial charge in [0, 0.05) is 13.1 Å². The molecule has 7 nitrogen and oxygen atoms in total. The van der Waals surface area contributed by atoms with Crippen LogP contribution in [0.3, 0.4) is 0 Å². The van der Waals surface area contributed by atoms with Crippen LogP contribution in [0.2, 0.25) is 0 Å². The van der Waals surface area contributed by atoms with Gasteiger partial charge in [0.15, 0.2) is 0 Å². The molecule has 3 amide bonds. The zero-order chi connectivity index (χ0) is 15.2. The van der Waals surface area contributed by atoms with Gasteiger partial charge in [-0.2, -0.15) is 0 Å². The largest absolute Gasteiger partial charge is 0.357 e. The Morgan fingerprint density at radius 2 is 2.00 bits per heavy atom. The highest BCUT2D eigenvalue weighted by Crippen LogP contribution is 2.18. The Labute approximate surface area is 123 Å². The van der Waals surface area contributed by atoms with Gasteiger partial charge in [0.1, 0.15) is 11.9 Å². The number of hydrogen-bond acceptors (Lipinski definition) is 4. The van der Waals surface area contributed by atoms with Crippen molar-refractivity contribution in [1.82, 2.24) is 10.3 Å². The van der Waals surface area contributed by atoms with Crippen molar-refractivity contribution < 1.29 is 9.59 Å². The van der Waals surface area contributed by atoms with Crippen LogP contribution in [0.15, 0.2) is 18.3 Å². The Hall–Kier alpha value is -2.31. The predicted octanol–water partition coefficient (Wildman–Crippen LogP) is 1.07. The number of aromatic nitrogens is 1. The molecule has 0 spiro atoms. The average Bonchev–Trinajstić information content (AvgIpc) is 2.48. The minimum atomic E-state index is -0.726. The second-order valence-corrected chi connectivity index (χ2v) is 5.17. The van der Waals surface area contributed by atoms with Crippen LogP contribution in [0, 0.1) is 0 Å². The Balaban J connectivity index is 1.92. The monoisotopic (exact) mass is 291 g/mol. The lowest BCUT2D eigenvalue weighted by atomic mass is 10.1. The van der Waals surface area contributed by atoms with E-state index in [4.69, 9.17) is 5.73 Å². The fourth-order valence-electron chi connectivity index (χ4n) is 2.30. The van der Waals surface area contributed by atoms with Crippen LogP contribution < -0.4 is 21.3 Å². The van der Waals surface area contributed by atoms with Crippen molar-refractivity contribution in [3.05, 3.63) is 18.3 Å². The van der Waals surface area contributed by atoms with Gasteiger partial charge in [-0.05, 0) is 38.3 Å². The third kappa shape index (κ3) is 4.34. The maximum absolute atomic E-state index is 11.8. The average molecular weight is 291 g/mol. The van der Waals surface area contributed by atoms with Crippen LogP contribution in [0.1, 0.15) is 26.2 Å². The van der Waals surface area contributed by atoms with Crippen LogP contribution in [-0.2, 0) is 4.79 Å². The molecule has 1 aliphatic rings. The van der Waals surface area contributed by atoms with Crippen LogP contribution in [0.5, 0.6) is 0 Å². The van der Waals surface area contributed by atoms with E-state index in [1.54, 1.807) is 13.1 Å². The van der Waals surface area contributed by atoms with E-state index in [1.807, 2.05) is 12.1 Å². The number of nitrogens with one attached hydrogen (secondary N) is 2. The number of piperidine rings is 1. The summed E-state index contributed by atoms with van der Waals surface area (Å²) in [4.78, 5) is 29.1. The predicted molar refractivity (Wildman–Crippen MR) is 81.1 cm³/mol. The van der Waals surface area contributed by atoms with Crippen molar-refractivity contribution in [2.75, 3.05) is 23.3 Å². The van der Waals surface area contributed by atoms with Crippen molar-refractivity contribution in [2.24, 2.45) is 5.73 Å². The number of nitrogens with two attached hydrogens (primary N) is 1. The van der Waals surface area contributed by atoms with Crippen LogP contribution in [0.4, 0.5) is 16.3 Å². The van der Waals surface area contributed by atoms with Crippen LogP contribution in [0.25, 0.3) is 0 Å². The number of pyridine rings is 1. The van der Waals surface area contributed by atoms with E-state index < -0.39 is 12.1 Å². The molecule has 0 aliphatic carbocycles. The fraction of sp³-hybridized carbons (Fsp3) is 0.500. The van der Waals surface area contributed by atoms with E-state index in [1.165, 1.54) is 19.3 Å². The van der Waals surface area contributed by atoms with E-state index >= 15 is 0 Å². The summed E-state index contributed by atoms with van der Waals surface area (Å²) in [5.74, 6) is 0.595. The second kappa shape index (κ2) is 6.92. The van der Waals surface area contributed by atoms with Crippen molar-refractivity contribution in [1.29, 1.82) is 0 Å². The molecule has 0 saturated carbocycles. The minimum Gasteiger partial charge on any atom is -0.357 e. The number of anilines is 2. The van der Waals surface area contributed by atoms with Crippen molar-refractivity contribution in [3.63, 3.8) is 0 Å². The second-order valence-electron chi connectivity index (χ2n) is 5.17. The standard InChI is InChI=1S/C14H21N5O2/c1-10(17-14(15)21)13(20)18-11-5-6-12(16-9-11)19-7-3-2-4-8-19/h5-6,9-10H,2-4,7-8H2,1H3,(H,18,20)(H3,15,17,21). The molecule has 114 valence electrons. The fourth-order valence-corrected chi connectivity index (χ4v) is 2.30. The molecule has 1 aliphatic heterocycles. The number of urea groups is 1. The highest BCUT2D eigenvalue weighted by Gasteiger charge is 2.15. The molecule has 2 rings (SSSR count). The number of hydrogen-bond donors (Lipinski definition) is 3. The van der Waals surface area contributed by atoms with Crippen molar-refractivity contribution in [3.8, 4) is 0 Å². The first-order valence-corrected chi connectivity index (χ1v) is 7.14. The first-order chi connectivity index (χ1) is 10.1. The van der Waals surface area contributed by atoms with Gasteiger partial charge in [0.05, 0.1) is 11.9 Å². The van der Waals surface area contributed by atoms with Gasteiger partial charge in [0.2, 0.25) is 5.91 Å². The zero-order valence-electron chi connectivity index (χ0n) is 12.1. The summed E-state index contributed by atoms with van der Waals surface area (Å²) in [5, 5.41) is 5.01. The van der Waals surface area contributed by atoms with E-state index in [0.717, 1.165) is 18.9 Å². The maximum atomic E-state index is 11.8. The quantitative estimate of drug-likeness (QED) is 0.772. The molecule has 1 atom stereocenters.